The Bertz CT molecular complexity index is 790. The Morgan fingerprint density at radius 2 is 2.05 bits per heavy atom. The van der Waals surface area contributed by atoms with Gasteiger partial charge in [-0.25, -0.2) is 4.68 Å². The molecule has 1 saturated carbocycles. The molecule has 4 heteroatoms. The quantitative estimate of drug-likeness (QED) is 0.776. The molecule has 106 valence electrons. The molecule has 0 radical (unpaired) electrons. The summed E-state index contributed by atoms with van der Waals surface area (Å²) in [6.45, 7) is 0.934. The lowest BCUT2D eigenvalue weighted by molar-refractivity contribution is 0.687. The van der Waals surface area contributed by atoms with Gasteiger partial charge in [0.2, 0.25) is 0 Å². The second-order valence-corrected chi connectivity index (χ2v) is 6.41. The van der Waals surface area contributed by atoms with E-state index in [1.165, 1.54) is 18.4 Å². The molecule has 1 fully saturated rings. The first-order chi connectivity index (χ1) is 10.3. The zero-order chi connectivity index (χ0) is 14.2. The Labute approximate surface area is 132 Å². The molecule has 21 heavy (non-hydrogen) atoms. The van der Waals surface area contributed by atoms with Gasteiger partial charge in [0, 0.05) is 22.4 Å². The van der Waals surface area contributed by atoms with Crippen LogP contribution in [0, 0.1) is 0 Å². The molecule has 0 spiro atoms. The fourth-order valence-corrected chi connectivity index (χ4v) is 3.14. The minimum atomic E-state index is 0.735. The highest BCUT2D eigenvalue weighted by atomic mass is 79.9. The van der Waals surface area contributed by atoms with Crippen molar-refractivity contribution >= 4 is 26.8 Å². The normalized spacial score (nSPS) is 14.7. The maximum Gasteiger partial charge on any atom is 0.0795 e. The van der Waals surface area contributed by atoms with Gasteiger partial charge in [-0.15, -0.1) is 0 Å². The summed E-state index contributed by atoms with van der Waals surface area (Å²) in [5.41, 5.74) is 3.50. The summed E-state index contributed by atoms with van der Waals surface area (Å²) >= 11 is 3.69. The van der Waals surface area contributed by atoms with Crippen LogP contribution in [-0.4, -0.2) is 15.8 Å². The van der Waals surface area contributed by atoms with Crippen LogP contribution < -0.4 is 5.32 Å². The molecule has 0 amide bonds. The molecule has 3 aromatic rings. The molecule has 4 rings (SSSR count). The summed E-state index contributed by atoms with van der Waals surface area (Å²) in [5.74, 6) is 0. The predicted octanol–water partition coefficient (Wildman–Crippen LogP) is 4.04. The third-order valence-corrected chi connectivity index (χ3v) is 4.52. The molecule has 0 atom stereocenters. The largest absolute Gasteiger partial charge is 0.310 e. The van der Waals surface area contributed by atoms with Gasteiger partial charge in [0.15, 0.2) is 0 Å². The van der Waals surface area contributed by atoms with Crippen molar-refractivity contribution < 1.29 is 0 Å². The van der Waals surface area contributed by atoms with Crippen molar-refractivity contribution in [2.75, 3.05) is 0 Å². The number of hydrogen-bond donors (Lipinski definition) is 1. The molecule has 0 unspecified atom stereocenters. The maximum atomic E-state index is 4.51. The number of para-hydroxylation sites is 1. The van der Waals surface area contributed by atoms with Crippen LogP contribution >= 0.6 is 15.9 Å². The molecule has 0 bridgehead atoms. The smallest absolute Gasteiger partial charge is 0.0795 e. The zero-order valence-corrected chi connectivity index (χ0v) is 13.2. The lowest BCUT2D eigenvalue weighted by atomic mass is 10.2. The van der Waals surface area contributed by atoms with Crippen molar-refractivity contribution in [1.82, 2.24) is 15.1 Å². The van der Waals surface area contributed by atoms with Crippen molar-refractivity contribution in [3.8, 4) is 5.69 Å². The number of nitrogens with one attached hydrogen (secondary N) is 1. The van der Waals surface area contributed by atoms with Gasteiger partial charge in [-0.1, -0.05) is 24.3 Å². The van der Waals surface area contributed by atoms with Crippen LogP contribution in [0.1, 0.15) is 18.4 Å². The van der Waals surface area contributed by atoms with E-state index in [1.807, 2.05) is 23.0 Å². The molecular formula is C17H16BrN3. The molecule has 0 aliphatic heterocycles. The van der Waals surface area contributed by atoms with Crippen LogP contribution in [-0.2, 0) is 6.54 Å². The topological polar surface area (TPSA) is 29.9 Å². The molecule has 1 N–H and O–H groups in total. The van der Waals surface area contributed by atoms with Gasteiger partial charge < -0.3 is 5.32 Å². The number of aromatic nitrogens is 2. The van der Waals surface area contributed by atoms with Crippen LogP contribution in [0.4, 0.5) is 0 Å². The second-order valence-electron chi connectivity index (χ2n) is 5.56. The summed E-state index contributed by atoms with van der Waals surface area (Å²) in [6.07, 6.45) is 4.54. The van der Waals surface area contributed by atoms with Gasteiger partial charge in [-0.3, -0.25) is 0 Å². The first-order valence-electron chi connectivity index (χ1n) is 7.26. The third kappa shape index (κ3) is 2.61. The fraction of sp³-hybridized carbons (Fsp3) is 0.235. The maximum absolute atomic E-state index is 4.51. The first kappa shape index (κ1) is 13.0. The van der Waals surface area contributed by atoms with Crippen LogP contribution in [0.15, 0.2) is 53.1 Å². The Hall–Kier alpha value is -1.65. The summed E-state index contributed by atoms with van der Waals surface area (Å²) in [4.78, 5) is 0. The number of halogens is 1. The predicted molar refractivity (Wildman–Crippen MR) is 88.6 cm³/mol. The minimum Gasteiger partial charge on any atom is -0.310 e. The van der Waals surface area contributed by atoms with Gasteiger partial charge in [0.1, 0.15) is 0 Å². The van der Waals surface area contributed by atoms with Crippen LogP contribution in [0.2, 0.25) is 0 Å². The Morgan fingerprint density at radius 1 is 1.19 bits per heavy atom. The van der Waals surface area contributed by atoms with E-state index in [2.05, 4.69) is 56.7 Å². The minimum absolute atomic E-state index is 0.735. The van der Waals surface area contributed by atoms with Crippen molar-refractivity contribution in [2.24, 2.45) is 0 Å². The number of rotatable bonds is 4. The molecule has 3 nitrogen and oxygen atoms in total. The summed E-state index contributed by atoms with van der Waals surface area (Å²) in [5, 5.41) is 9.21. The average molecular weight is 342 g/mol. The van der Waals surface area contributed by atoms with Crippen LogP contribution in [0.3, 0.4) is 0 Å². The van der Waals surface area contributed by atoms with E-state index < -0.39 is 0 Å². The molecular weight excluding hydrogens is 326 g/mol. The Morgan fingerprint density at radius 3 is 2.86 bits per heavy atom. The molecule has 2 aromatic carbocycles. The molecule has 0 saturated heterocycles. The Balaban J connectivity index is 1.67. The number of hydrogen-bond acceptors (Lipinski definition) is 2. The highest BCUT2D eigenvalue weighted by Crippen LogP contribution is 2.26. The van der Waals surface area contributed by atoms with Crippen molar-refractivity contribution in [2.45, 2.75) is 25.4 Å². The summed E-state index contributed by atoms with van der Waals surface area (Å²) in [7, 11) is 0. The molecule has 1 aliphatic carbocycles. The lowest BCUT2D eigenvalue weighted by Crippen LogP contribution is -2.15. The SMILES string of the molecule is Brc1cc(CNC2CC2)ccc1-n1ncc2ccccc21. The molecule has 1 aromatic heterocycles. The van der Waals surface area contributed by atoms with Gasteiger partial charge >= 0.3 is 0 Å². The van der Waals surface area contributed by atoms with Gasteiger partial charge in [0.05, 0.1) is 17.4 Å². The van der Waals surface area contributed by atoms with E-state index >= 15 is 0 Å². The summed E-state index contributed by atoms with van der Waals surface area (Å²) in [6, 6.07) is 15.5. The highest BCUT2D eigenvalue weighted by Gasteiger charge is 2.20. The van der Waals surface area contributed by atoms with Crippen molar-refractivity contribution in [3.63, 3.8) is 0 Å². The fourth-order valence-electron chi connectivity index (χ4n) is 2.55. The number of benzene rings is 2. The van der Waals surface area contributed by atoms with Crippen LogP contribution in [0.25, 0.3) is 16.6 Å². The number of fused-ring (bicyclic) bond motifs is 1. The van der Waals surface area contributed by atoms with Gasteiger partial charge in [0.25, 0.3) is 0 Å². The number of nitrogens with zero attached hydrogens (tertiary/aromatic N) is 2. The highest BCUT2D eigenvalue weighted by molar-refractivity contribution is 9.10. The van der Waals surface area contributed by atoms with Gasteiger partial charge in [-0.2, -0.15) is 5.10 Å². The van der Waals surface area contributed by atoms with E-state index in [4.69, 9.17) is 0 Å². The average Bonchev–Trinajstić information content (AvgIpc) is 3.24. The molecule has 1 heterocycles. The van der Waals surface area contributed by atoms with E-state index in [0.29, 0.717) is 0 Å². The molecule has 1 aliphatic rings. The van der Waals surface area contributed by atoms with Crippen LogP contribution in [0.5, 0.6) is 0 Å². The first-order valence-corrected chi connectivity index (χ1v) is 8.05. The van der Waals surface area contributed by atoms with Crippen molar-refractivity contribution in [1.29, 1.82) is 0 Å². The third-order valence-electron chi connectivity index (χ3n) is 3.89. The van der Waals surface area contributed by atoms with E-state index in [9.17, 15) is 0 Å². The lowest BCUT2D eigenvalue weighted by Gasteiger charge is -2.09. The van der Waals surface area contributed by atoms with Crippen molar-refractivity contribution in [3.05, 3.63) is 58.7 Å². The standard InChI is InChI=1S/C17H16BrN3/c18-15-9-12(10-19-14-6-7-14)5-8-17(15)21-16-4-2-1-3-13(16)11-20-21/h1-5,8-9,11,14,19H,6-7,10H2. The van der Waals surface area contributed by atoms with E-state index in [1.54, 1.807) is 0 Å². The summed E-state index contributed by atoms with van der Waals surface area (Å²) < 4.78 is 3.06. The Kier molecular flexibility index (Phi) is 3.28. The monoisotopic (exact) mass is 341 g/mol. The zero-order valence-electron chi connectivity index (χ0n) is 11.6. The van der Waals surface area contributed by atoms with Gasteiger partial charge in [-0.05, 0) is 52.5 Å². The second kappa shape index (κ2) is 5.28. The van der Waals surface area contributed by atoms with E-state index in [0.717, 1.165) is 33.6 Å². The van der Waals surface area contributed by atoms with E-state index in [-0.39, 0.29) is 0 Å².